The van der Waals surface area contributed by atoms with Crippen molar-refractivity contribution in [3.63, 3.8) is 0 Å². The van der Waals surface area contributed by atoms with Crippen LogP contribution in [-0.4, -0.2) is 61.1 Å². The number of phenols is 1. The summed E-state index contributed by atoms with van der Waals surface area (Å²) in [6.45, 7) is -0.511. The number of aliphatic hydroxyl groups is 4. The van der Waals surface area contributed by atoms with Crippen LogP contribution in [0.4, 0.5) is 0 Å². The maximum atomic E-state index is 10.7. The topological polar surface area (TPSA) is 115 Å². The first-order chi connectivity index (χ1) is 15.9. The largest absolute Gasteiger partial charge is 0.508 e. The van der Waals surface area contributed by atoms with Gasteiger partial charge in [0.05, 0.1) is 17.1 Å². The SMILES string of the molecule is OC[C@H]1O[C@@H](n2cc(Sc3ccc4cc(O)ccc4c3)c3cccc(Cl)c32)[C@H](O)[C@@H](O)[C@@H]1O. The van der Waals surface area contributed by atoms with Crippen molar-refractivity contribution in [3.8, 4) is 5.75 Å². The van der Waals surface area contributed by atoms with Gasteiger partial charge in [0, 0.05) is 21.4 Å². The summed E-state index contributed by atoms with van der Waals surface area (Å²) in [5.41, 5.74) is 0.608. The number of hydrogen-bond donors (Lipinski definition) is 5. The van der Waals surface area contributed by atoms with Gasteiger partial charge in [0.15, 0.2) is 6.23 Å². The van der Waals surface area contributed by atoms with Crippen LogP contribution in [0.5, 0.6) is 5.75 Å². The Balaban J connectivity index is 1.58. The fourth-order valence-electron chi connectivity index (χ4n) is 4.23. The summed E-state index contributed by atoms with van der Waals surface area (Å²) in [5, 5.41) is 53.5. The maximum absolute atomic E-state index is 10.7. The van der Waals surface area contributed by atoms with Crippen LogP contribution >= 0.6 is 23.4 Å². The Hall–Kier alpha value is -2.30. The number of para-hydroxylation sites is 1. The van der Waals surface area contributed by atoms with E-state index in [0.717, 1.165) is 25.9 Å². The minimum Gasteiger partial charge on any atom is -0.508 e. The van der Waals surface area contributed by atoms with Crippen molar-refractivity contribution in [2.75, 3.05) is 6.61 Å². The molecule has 0 aliphatic carbocycles. The Bertz CT molecular complexity index is 1330. The van der Waals surface area contributed by atoms with Crippen LogP contribution in [0, 0.1) is 0 Å². The van der Waals surface area contributed by atoms with Crippen LogP contribution in [0.15, 0.2) is 70.6 Å². The third-order valence-corrected chi connectivity index (χ3v) is 7.27. The van der Waals surface area contributed by atoms with Gasteiger partial charge in [-0.1, -0.05) is 47.6 Å². The first-order valence-electron chi connectivity index (χ1n) is 10.4. The number of halogens is 1. The van der Waals surface area contributed by atoms with Gasteiger partial charge in [-0.3, -0.25) is 0 Å². The molecule has 0 bridgehead atoms. The van der Waals surface area contributed by atoms with Gasteiger partial charge in [-0.2, -0.15) is 0 Å². The number of fused-ring (bicyclic) bond motifs is 2. The second-order valence-electron chi connectivity index (χ2n) is 8.05. The summed E-state index contributed by atoms with van der Waals surface area (Å²) < 4.78 is 7.41. The lowest BCUT2D eigenvalue weighted by molar-refractivity contribution is -0.250. The van der Waals surface area contributed by atoms with Crippen molar-refractivity contribution in [1.29, 1.82) is 0 Å². The number of aliphatic hydroxyl groups excluding tert-OH is 4. The smallest absolute Gasteiger partial charge is 0.163 e. The van der Waals surface area contributed by atoms with E-state index < -0.39 is 37.3 Å². The van der Waals surface area contributed by atoms with Gasteiger partial charge in [-0.25, -0.2) is 0 Å². The number of ether oxygens (including phenoxy) is 1. The van der Waals surface area contributed by atoms with E-state index in [1.165, 1.54) is 11.8 Å². The highest BCUT2D eigenvalue weighted by Gasteiger charge is 2.44. The third-order valence-electron chi connectivity index (χ3n) is 5.93. The Morgan fingerprint density at radius 2 is 1.70 bits per heavy atom. The number of aromatic nitrogens is 1. The Kier molecular flexibility index (Phi) is 6.00. The second-order valence-corrected chi connectivity index (χ2v) is 9.57. The molecule has 0 amide bonds. The lowest BCUT2D eigenvalue weighted by Crippen LogP contribution is -2.56. The van der Waals surface area contributed by atoms with Gasteiger partial charge in [-0.05, 0) is 41.1 Å². The van der Waals surface area contributed by atoms with E-state index in [1.54, 1.807) is 29.0 Å². The molecule has 3 aromatic carbocycles. The van der Waals surface area contributed by atoms with E-state index in [2.05, 4.69) is 0 Å². The minimum absolute atomic E-state index is 0.208. The predicted molar refractivity (Wildman–Crippen MR) is 126 cm³/mol. The van der Waals surface area contributed by atoms with Crippen LogP contribution in [0.2, 0.25) is 5.02 Å². The average Bonchev–Trinajstić information content (AvgIpc) is 3.17. The van der Waals surface area contributed by atoms with E-state index in [0.29, 0.717) is 10.5 Å². The number of benzene rings is 3. The van der Waals surface area contributed by atoms with Gasteiger partial charge in [0.2, 0.25) is 0 Å². The van der Waals surface area contributed by atoms with E-state index in [4.69, 9.17) is 16.3 Å². The molecule has 1 fully saturated rings. The molecule has 0 saturated carbocycles. The molecule has 0 unspecified atom stereocenters. The summed E-state index contributed by atoms with van der Waals surface area (Å²) in [5.74, 6) is 0.208. The molecular formula is C24H22ClNO6S. The molecule has 4 aromatic rings. The molecule has 1 aliphatic heterocycles. The third kappa shape index (κ3) is 3.98. The van der Waals surface area contributed by atoms with Crippen LogP contribution < -0.4 is 0 Å². The standard InChI is InChI=1S/C24H22ClNO6S/c25-17-3-1-2-16-19(33-15-7-5-12-8-14(28)6-4-13(12)9-15)10-26(20(16)17)24-23(31)22(30)21(29)18(11-27)32-24/h1-10,18,21-24,27-31H,11H2/t18-,21-,22+,23-,24-/m1/s1. The molecule has 5 N–H and O–H groups in total. The quantitative estimate of drug-likeness (QED) is 0.300. The summed E-state index contributed by atoms with van der Waals surface area (Å²) in [4.78, 5) is 1.81. The summed E-state index contributed by atoms with van der Waals surface area (Å²) in [6.07, 6.45) is -4.66. The summed E-state index contributed by atoms with van der Waals surface area (Å²) in [7, 11) is 0. The predicted octanol–water partition coefficient (Wildman–Crippen LogP) is 3.28. The molecule has 1 aliphatic rings. The lowest BCUT2D eigenvalue weighted by Gasteiger charge is -2.40. The van der Waals surface area contributed by atoms with Crippen molar-refractivity contribution >= 4 is 45.0 Å². The molecule has 172 valence electrons. The van der Waals surface area contributed by atoms with Crippen molar-refractivity contribution in [3.05, 3.63) is 65.8 Å². The monoisotopic (exact) mass is 487 g/mol. The fraction of sp³-hybridized carbons (Fsp3) is 0.250. The maximum Gasteiger partial charge on any atom is 0.163 e. The van der Waals surface area contributed by atoms with Crippen LogP contribution in [0.3, 0.4) is 0 Å². The average molecular weight is 488 g/mol. The molecule has 1 aromatic heterocycles. The van der Waals surface area contributed by atoms with Crippen LogP contribution in [0.25, 0.3) is 21.7 Å². The fourth-order valence-corrected chi connectivity index (χ4v) is 5.52. The lowest BCUT2D eigenvalue weighted by atomic mass is 9.98. The first-order valence-corrected chi connectivity index (χ1v) is 11.6. The Morgan fingerprint density at radius 1 is 0.939 bits per heavy atom. The molecule has 0 spiro atoms. The number of nitrogens with zero attached hydrogens (tertiary/aromatic N) is 1. The molecule has 5 rings (SSSR count). The number of phenolic OH excluding ortho intramolecular Hbond substituents is 1. The zero-order valence-electron chi connectivity index (χ0n) is 17.2. The molecule has 1 saturated heterocycles. The number of rotatable bonds is 4. The summed E-state index contributed by atoms with van der Waals surface area (Å²) in [6, 6.07) is 16.6. The molecular weight excluding hydrogens is 466 g/mol. The van der Waals surface area contributed by atoms with Crippen molar-refractivity contribution in [2.45, 2.75) is 40.4 Å². The van der Waals surface area contributed by atoms with E-state index in [1.807, 2.05) is 36.4 Å². The van der Waals surface area contributed by atoms with Crippen LogP contribution in [0.1, 0.15) is 6.23 Å². The second kappa shape index (κ2) is 8.81. The zero-order valence-corrected chi connectivity index (χ0v) is 18.8. The van der Waals surface area contributed by atoms with Gasteiger partial charge in [-0.15, -0.1) is 0 Å². The van der Waals surface area contributed by atoms with Gasteiger partial charge in [0.25, 0.3) is 0 Å². The van der Waals surface area contributed by atoms with Crippen molar-refractivity contribution in [2.24, 2.45) is 0 Å². The molecule has 9 heteroatoms. The Morgan fingerprint density at radius 3 is 2.48 bits per heavy atom. The van der Waals surface area contributed by atoms with E-state index in [9.17, 15) is 25.5 Å². The highest BCUT2D eigenvalue weighted by atomic mass is 35.5. The normalized spacial score (nSPS) is 25.7. The van der Waals surface area contributed by atoms with Crippen molar-refractivity contribution < 1.29 is 30.3 Å². The first kappa shape index (κ1) is 22.5. The van der Waals surface area contributed by atoms with Gasteiger partial charge >= 0.3 is 0 Å². The molecule has 5 atom stereocenters. The summed E-state index contributed by atoms with van der Waals surface area (Å²) >= 11 is 8.02. The van der Waals surface area contributed by atoms with Crippen LogP contribution in [-0.2, 0) is 4.74 Å². The molecule has 7 nitrogen and oxygen atoms in total. The van der Waals surface area contributed by atoms with E-state index >= 15 is 0 Å². The highest BCUT2D eigenvalue weighted by molar-refractivity contribution is 7.99. The number of hydrogen-bond acceptors (Lipinski definition) is 7. The van der Waals surface area contributed by atoms with Gasteiger partial charge < -0.3 is 34.8 Å². The molecule has 0 radical (unpaired) electrons. The zero-order chi connectivity index (χ0) is 23.3. The van der Waals surface area contributed by atoms with Crippen molar-refractivity contribution in [1.82, 2.24) is 4.57 Å². The minimum atomic E-state index is -1.49. The van der Waals surface area contributed by atoms with E-state index in [-0.39, 0.29) is 5.75 Å². The highest BCUT2D eigenvalue weighted by Crippen LogP contribution is 2.41. The molecule has 2 heterocycles. The van der Waals surface area contributed by atoms with Gasteiger partial charge in [0.1, 0.15) is 30.2 Å². The number of aromatic hydroxyl groups is 1. The molecule has 33 heavy (non-hydrogen) atoms. The Labute approximate surface area is 198 Å².